The summed E-state index contributed by atoms with van der Waals surface area (Å²) in [5, 5.41) is 7.59. The fourth-order valence-electron chi connectivity index (χ4n) is 3.41. The second-order valence-corrected chi connectivity index (χ2v) is 8.24. The molecule has 0 saturated carbocycles. The quantitative estimate of drug-likeness (QED) is 0.701. The van der Waals surface area contributed by atoms with Crippen molar-refractivity contribution in [1.29, 1.82) is 0 Å². The summed E-state index contributed by atoms with van der Waals surface area (Å²) in [5.41, 5.74) is 2.94. The molecule has 7 nitrogen and oxygen atoms in total. The van der Waals surface area contributed by atoms with Gasteiger partial charge in [0.25, 0.3) is 0 Å². The van der Waals surface area contributed by atoms with Crippen molar-refractivity contribution in [2.24, 2.45) is 0 Å². The van der Waals surface area contributed by atoms with Crippen molar-refractivity contribution in [3.8, 4) is 5.82 Å². The van der Waals surface area contributed by atoms with Gasteiger partial charge < -0.3 is 5.32 Å². The summed E-state index contributed by atoms with van der Waals surface area (Å²) in [6, 6.07) is 13.5. The molecular weight excluding hydrogens is 362 g/mol. The van der Waals surface area contributed by atoms with Gasteiger partial charge in [0.15, 0.2) is 5.82 Å². The number of fused-ring (bicyclic) bond motifs is 1. The zero-order valence-electron chi connectivity index (χ0n) is 15.0. The highest BCUT2D eigenvalue weighted by Crippen LogP contribution is 2.23. The molecule has 0 fully saturated rings. The van der Waals surface area contributed by atoms with E-state index < -0.39 is 10.0 Å². The average molecular weight is 383 g/mol. The van der Waals surface area contributed by atoms with Gasteiger partial charge >= 0.3 is 0 Å². The number of nitrogens with one attached hydrogen (secondary N) is 2. The molecule has 2 aromatic heterocycles. The minimum Gasteiger partial charge on any atom is -0.308 e. The Morgan fingerprint density at radius 2 is 2.04 bits per heavy atom. The summed E-state index contributed by atoms with van der Waals surface area (Å²) in [6.07, 6.45) is 3.97. The van der Waals surface area contributed by atoms with Crippen LogP contribution in [0.1, 0.15) is 22.9 Å². The van der Waals surface area contributed by atoms with Gasteiger partial charge in [0.2, 0.25) is 10.0 Å². The lowest BCUT2D eigenvalue weighted by Crippen LogP contribution is -2.38. The summed E-state index contributed by atoms with van der Waals surface area (Å²) in [4.78, 5) is 4.39. The average Bonchev–Trinajstić information content (AvgIpc) is 3.09. The molecule has 0 bridgehead atoms. The summed E-state index contributed by atoms with van der Waals surface area (Å²) in [7, 11) is -3.68. The standard InChI is InChI=1S/C19H21N5O2S/c1-14-18(13-22-24(14)19-8-4-5-10-21-19)27(25,26)23-12-17-16-7-3-2-6-15(16)9-11-20-17/h2-8,10,13,17,20,23H,9,11-12H2,1H3. The SMILES string of the molecule is Cc1c(S(=O)(=O)NCC2NCCc3ccccc32)cnn1-c1ccccn1. The lowest BCUT2D eigenvalue weighted by Gasteiger charge is -2.27. The van der Waals surface area contributed by atoms with E-state index in [2.05, 4.69) is 26.2 Å². The molecule has 3 aromatic rings. The summed E-state index contributed by atoms with van der Waals surface area (Å²) in [6.45, 7) is 2.85. The van der Waals surface area contributed by atoms with Crippen molar-refractivity contribution in [3.63, 3.8) is 0 Å². The fourth-order valence-corrected chi connectivity index (χ4v) is 4.62. The summed E-state index contributed by atoms with van der Waals surface area (Å²) in [5.74, 6) is 0.583. The van der Waals surface area contributed by atoms with E-state index >= 15 is 0 Å². The van der Waals surface area contributed by atoms with Gasteiger partial charge in [-0.2, -0.15) is 5.10 Å². The molecule has 1 unspecified atom stereocenters. The van der Waals surface area contributed by atoms with Gasteiger partial charge in [-0.3, -0.25) is 0 Å². The van der Waals surface area contributed by atoms with Crippen LogP contribution in [0.4, 0.5) is 0 Å². The van der Waals surface area contributed by atoms with Crippen LogP contribution in [0.25, 0.3) is 5.82 Å². The van der Waals surface area contributed by atoms with Crippen LogP contribution in [0.15, 0.2) is 59.8 Å². The number of nitrogens with zero attached hydrogens (tertiary/aromatic N) is 3. The van der Waals surface area contributed by atoms with Gasteiger partial charge in [-0.15, -0.1) is 0 Å². The first kappa shape index (κ1) is 17.8. The van der Waals surface area contributed by atoms with Crippen molar-refractivity contribution in [2.75, 3.05) is 13.1 Å². The van der Waals surface area contributed by atoms with E-state index in [1.807, 2.05) is 24.3 Å². The minimum atomic E-state index is -3.68. The number of pyridine rings is 1. The summed E-state index contributed by atoms with van der Waals surface area (Å²) >= 11 is 0. The van der Waals surface area contributed by atoms with E-state index in [4.69, 9.17) is 0 Å². The number of rotatable bonds is 5. The molecule has 0 spiro atoms. The van der Waals surface area contributed by atoms with Crippen LogP contribution in [0.2, 0.25) is 0 Å². The Kier molecular flexibility index (Phi) is 4.77. The van der Waals surface area contributed by atoms with Crippen molar-refractivity contribution in [1.82, 2.24) is 24.8 Å². The predicted octanol–water partition coefficient (Wildman–Crippen LogP) is 1.74. The van der Waals surface area contributed by atoms with Gasteiger partial charge in [-0.05, 0) is 43.1 Å². The molecule has 3 heterocycles. The third-order valence-electron chi connectivity index (χ3n) is 4.81. The van der Waals surface area contributed by atoms with Crippen molar-refractivity contribution in [2.45, 2.75) is 24.3 Å². The van der Waals surface area contributed by atoms with Crippen LogP contribution in [0.3, 0.4) is 0 Å². The van der Waals surface area contributed by atoms with Crippen LogP contribution in [0, 0.1) is 6.92 Å². The Morgan fingerprint density at radius 3 is 2.85 bits per heavy atom. The summed E-state index contributed by atoms with van der Waals surface area (Å²) < 4.78 is 29.9. The predicted molar refractivity (Wildman–Crippen MR) is 102 cm³/mol. The molecule has 8 heteroatoms. The Morgan fingerprint density at radius 1 is 1.22 bits per heavy atom. The third kappa shape index (κ3) is 3.51. The minimum absolute atomic E-state index is 0.0455. The van der Waals surface area contributed by atoms with Crippen LogP contribution in [-0.4, -0.2) is 36.3 Å². The molecule has 0 saturated heterocycles. The molecule has 0 amide bonds. The Balaban J connectivity index is 1.55. The normalized spacial score (nSPS) is 16.9. The molecule has 0 radical (unpaired) electrons. The molecule has 1 atom stereocenters. The second-order valence-electron chi connectivity index (χ2n) is 6.50. The number of sulfonamides is 1. The highest BCUT2D eigenvalue weighted by Gasteiger charge is 2.25. The maximum Gasteiger partial charge on any atom is 0.244 e. The first-order chi connectivity index (χ1) is 13.1. The fraction of sp³-hybridized carbons (Fsp3) is 0.263. The zero-order chi connectivity index (χ0) is 18.9. The van der Waals surface area contributed by atoms with Crippen LogP contribution in [-0.2, 0) is 16.4 Å². The molecule has 1 aliphatic rings. The maximum absolute atomic E-state index is 12.8. The Bertz CT molecular complexity index is 1050. The monoisotopic (exact) mass is 383 g/mol. The topological polar surface area (TPSA) is 88.9 Å². The van der Waals surface area contributed by atoms with Crippen LogP contribution >= 0.6 is 0 Å². The van der Waals surface area contributed by atoms with Gasteiger partial charge in [0.1, 0.15) is 4.90 Å². The maximum atomic E-state index is 12.8. The van der Waals surface area contributed by atoms with E-state index in [-0.39, 0.29) is 17.5 Å². The highest BCUT2D eigenvalue weighted by molar-refractivity contribution is 7.89. The first-order valence-corrected chi connectivity index (χ1v) is 10.3. The lowest BCUT2D eigenvalue weighted by molar-refractivity contribution is 0.491. The number of aromatic nitrogens is 3. The van der Waals surface area contributed by atoms with Crippen LogP contribution in [0.5, 0.6) is 0 Å². The van der Waals surface area contributed by atoms with Gasteiger partial charge in [-0.25, -0.2) is 22.8 Å². The number of hydrogen-bond donors (Lipinski definition) is 2. The molecule has 0 aliphatic carbocycles. The molecule has 27 heavy (non-hydrogen) atoms. The lowest BCUT2D eigenvalue weighted by atomic mass is 9.95. The third-order valence-corrected chi connectivity index (χ3v) is 6.34. The zero-order valence-corrected chi connectivity index (χ0v) is 15.8. The molecule has 140 valence electrons. The van der Waals surface area contributed by atoms with Crippen molar-refractivity contribution < 1.29 is 8.42 Å². The van der Waals surface area contributed by atoms with E-state index in [1.54, 1.807) is 25.3 Å². The van der Waals surface area contributed by atoms with E-state index in [0.717, 1.165) is 18.5 Å². The molecule has 4 rings (SSSR count). The van der Waals surface area contributed by atoms with Gasteiger partial charge in [0.05, 0.1) is 11.9 Å². The van der Waals surface area contributed by atoms with Crippen LogP contribution < -0.4 is 10.0 Å². The van der Waals surface area contributed by atoms with Gasteiger partial charge in [0, 0.05) is 18.8 Å². The molecule has 1 aliphatic heterocycles. The molecule has 2 N–H and O–H groups in total. The number of benzene rings is 1. The second kappa shape index (κ2) is 7.22. The van der Waals surface area contributed by atoms with Crippen molar-refractivity contribution >= 4 is 10.0 Å². The highest BCUT2D eigenvalue weighted by atomic mass is 32.2. The van der Waals surface area contributed by atoms with E-state index in [1.165, 1.54) is 16.4 Å². The largest absolute Gasteiger partial charge is 0.308 e. The Hall–Kier alpha value is -2.55. The first-order valence-electron chi connectivity index (χ1n) is 8.83. The molecule has 1 aromatic carbocycles. The van der Waals surface area contributed by atoms with Crippen molar-refractivity contribution in [3.05, 3.63) is 71.7 Å². The van der Waals surface area contributed by atoms with Gasteiger partial charge in [-0.1, -0.05) is 30.3 Å². The number of hydrogen-bond acceptors (Lipinski definition) is 5. The Labute approximate surface area is 158 Å². The van der Waals surface area contributed by atoms with E-state index in [9.17, 15) is 8.42 Å². The smallest absolute Gasteiger partial charge is 0.244 e. The van der Waals surface area contributed by atoms with E-state index in [0.29, 0.717) is 11.5 Å². The molecular formula is C19H21N5O2S.